The molecule has 3 aromatic rings. The van der Waals surface area contributed by atoms with Crippen LogP contribution in [0.25, 0.3) is 10.8 Å². The molecule has 27 heavy (non-hydrogen) atoms. The molecule has 0 bridgehead atoms. The summed E-state index contributed by atoms with van der Waals surface area (Å²) in [4.78, 5) is 4.36. The number of sulfonamides is 1. The SMILES string of the molecule is NCCCC(CNS(=O)(=O)c1cccc2cnccc12)Cc1ccccc1. The highest BCUT2D eigenvalue weighted by molar-refractivity contribution is 7.89. The van der Waals surface area contributed by atoms with Crippen LogP contribution in [-0.2, 0) is 16.4 Å². The van der Waals surface area contributed by atoms with Crippen LogP contribution in [0.1, 0.15) is 18.4 Å². The third-order valence-corrected chi connectivity index (χ3v) is 6.16. The maximum Gasteiger partial charge on any atom is 0.241 e. The first-order chi connectivity index (χ1) is 13.1. The smallest absolute Gasteiger partial charge is 0.241 e. The molecule has 142 valence electrons. The Hall–Kier alpha value is -2.28. The minimum absolute atomic E-state index is 0.197. The van der Waals surface area contributed by atoms with Crippen LogP contribution in [0.5, 0.6) is 0 Å². The number of hydrogen-bond donors (Lipinski definition) is 2. The molecule has 0 saturated carbocycles. The third-order valence-electron chi connectivity index (χ3n) is 4.68. The molecule has 0 saturated heterocycles. The Kier molecular flexibility index (Phi) is 6.55. The number of nitrogens with zero attached hydrogens (tertiary/aromatic N) is 1. The molecule has 6 heteroatoms. The van der Waals surface area contributed by atoms with E-state index in [0.29, 0.717) is 23.4 Å². The van der Waals surface area contributed by atoms with Crippen LogP contribution in [-0.4, -0.2) is 26.5 Å². The zero-order chi connectivity index (χ0) is 19.1. The second-order valence-corrected chi connectivity index (χ2v) is 8.43. The van der Waals surface area contributed by atoms with E-state index >= 15 is 0 Å². The van der Waals surface area contributed by atoms with Crippen molar-refractivity contribution in [3.63, 3.8) is 0 Å². The molecule has 0 aliphatic carbocycles. The average molecular weight is 384 g/mol. The fraction of sp³-hybridized carbons (Fsp3) is 0.286. The maximum absolute atomic E-state index is 12.9. The lowest BCUT2D eigenvalue weighted by atomic mass is 9.95. The topological polar surface area (TPSA) is 85.1 Å². The summed E-state index contributed by atoms with van der Waals surface area (Å²) in [6, 6.07) is 17.1. The molecule has 0 fully saturated rings. The van der Waals surface area contributed by atoms with Gasteiger partial charge in [-0.25, -0.2) is 13.1 Å². The van der Waals surface area contributed by atoms with E-state index in [9.17, 15) is 8.42 Å². The van der Waals surface area contributed by atoms with Gasteiger partial charge < -0.3 is 5.73 Å². The van der Waals surface area contributed by atoms with Gasteiger partial charge in [-0.1, -0.05) is 42.5 Å². The van der Waals surface area contributed by atoms with Crippen LogP contribution >= 0.6 is 0 Å². The van der Waals surface area contributed by atoms with Gasteiger partial charge in [0.25, 0.3) is 0 Å². The summed E-state index contributed by atoms with van der Waals surface area (Å²) < 4.78 is 28.6. The maximum atomic E-state index is 12.9. The van der Waals surface area contributed by atoms with E-state index in [0.717, 1.165) is 24.6 Å². The van der Waals surface area contributed by atoms with Gasteiger partial charge in [0.15, 0.2) is 0 Å². The Morgan fingerprint density at radius 3 is 2.63 bits per heavy atom. The van der Waals surface area contributed by atoms with Gasteiger partial charge >= 0.3 is 0 Å². The van der Waals surface area contributed by atoms with Crippen molar-refractivity contribution in [2.75, 3.05) is 13.1 Å². The van der Waals surface area contributed by atoms with E-state index in [2.05, 4.69) is 21.8 Å². The first-order valence-corrected chi connectivity index (χ1v) is 10.6. The Morgan fingerprint density at radius 1 is 1.04 bits per heavy atom. The van der Waals surface area contributed by atoms with Gasteiger partial charge in [0.2, 0.25) is 10.0 Å². The van der Waals surface area contributed by atoms with Crippen molar-refractivity contribution in [1.82, 2.24) is 9.71 Å². The lowest BCUT2D eigenvalue weighted by Crippen LogP contribution is -2.30. The fourth-order valence-electron chi connectivity index (χ4n) is 3.26. The average Bonchev–Trinajstić information content (AvgIpc) is 2.70. The summed E-state index contributed by atoms with van der Waals surface area (Å²) in [5.74, 6) is 0.197. The van der Waals surface area contributed by atoms with Crippen molar-refractivity contribution in [3.8, 4) is 0 Å². The molecule has 0 spiro atoms. The van der Waals surface area contributed by atoms with Crippen LogP contribution in [0.2, 0.25) is 0 Å². The zero-order valence-corrected chi connectivity index (χ0v) is 16.0. The number of rotatable bonds is 9. The molecular weight excluding hydrogens is 358 g/mol. The standard InChI is InChI=1S/C21H25N3O2S/c22-12-5-8-18(14-17-6-2-1-3-7-17)15-24-27(25,26)21-10-4-9-19-16-23-13-11-20(19)21/h1-4,6-7,9-11,13,16,18,24H,5,8,12,14-15,22H2. The first kappa shape index (κ1) is 19.5. The van der Waals surface area contributed by atoms with Crippen molar-refractivity contribution in [1.29, 1.82) is 0 Å². The van der Waals surface area contributed by atoms with Crippen LogP contribution in [0, 0.1) is 5.92 Å². The lowest BCUT2D eigenvalue weighted by Gasteiger charge is -2.18. The van der Waals surface area contributed by atoms with Crippen molar-refractivity contribution in [2.24, 2.45) is 11.7 Å². The zero-order valence-electron chi connectivity index (χ0n) is 15.2. The van der Waals surface area contributed by atoms with Crippen molar-refractivity contribution >= 4 is 20.8 Å². The summed E-state index contributed by atoms with van der Waals surface area (Å²) in [6.45, 7) is 0.993. The molecule has 2 aromatic carbocycles. The molecule has 0 aliphatic rings. The molecule has 0 radical (unpaired) electrons. The van der Waals surface area contributed by atoms with Gasteiger partial charge in [-0.3, -0.25) is 4.98 Å². The number of nitrogens with one attached hydrogen (secondary N) is 1. The molecule has 1 unspecified atom stereocenters. The van der Waals surface area contributed by atoms with Gasteiger partial charge in [0.05, 0.1) is 4.90 Å². The summed E-state index contributed by atoms with van der Waals surface area (Å²) in [7, 11) is -3.61. The van der Waals surface area contributed by atoms with E-state index in [1.54, 1.807) is 30.6 Å². The van der Waals surface area contributed by atoms with Gasteiger partial charge in [-0.2, -0.15) is 0 Å². The van der Waals surface area contributed by atoms with Crippen LogP contribution < -0.4 is 10.5 Å². The molecule has 3 rings (SSSR count). The van der Waals surface area contributed by atoms with E-state index < -0.39 is 10.0 Å². The minimum atomic E-state index is -3.61. The number of aromatic nitrogens is 1. The Bertz CT molecular complexity index is 970. The fourth-order valence-corrected chi connectivity index (χ4v) is 4.61. The lowest BCUT2D eigenvalue weighted by molar-refractivity contribution is 0.459. The predicted molar refractivity (Wildman–Crippen MR) is 109 cm³/mol. The minimum Gasteiger partial charge on any atom is -0.330 e. The molecular formula is C21H25N3O2S. The summed E-state index contributed by atoms with van der Waals surface area (Å²) >= 11 is 0. The van der Waals surface area contributed by atoms with Crippen LogP contribution in [0.4, 0.5) is 0 Å². The van der Waals surface area contributed by atoms with E-state index in [1.807, 2.05) is 24.3 Å². The van der Waals surface area contributed by atoms with Crippen molar-refractivity contribution in [3.05, 3.63) is 72.6 Å². The molecule has 1 aromatic heterocycles. The number of fused-ring (bicyclic) bond motifs is 1. The largest absolute Gasteiger partial charge is 0.330 e. The predicted octanol–water partition coefficient (Wildman–Crippen LogP) is 3.11. The Labute approximate surface area is 160 Å². The summed E-state index contributed by atoms with van der Waals surface area (Å²) in [5, 5.41) is 1.49. The molecule has 0 aliphatic heterocycles. The van der Waals surface area contributed by atoms with Crippen LogP contribution in [0.3, 0.4) is 0 Å². The summed E-state index contributed by atoms with van der Waals surface area (Å²) in [5.41, 5.74) is 6.86. The normalized spacial score (nSPS) is 12.9. The van der Waals surface area contributed by atoms with Gasteiger partial charge in [-0.05, 0) is 49.4 Å². The second kappa shape index (κ2) is 9.08. The second-order valence-electron chi connectivity index (χ2n) is 6.69. The molecule has 1 atom stereocenters. The van der Waals surface area contributed by atoms with E-state index in [-0.39, 0.29) is 5.92 Å². The highest BCUT2D eigenvalue weighted by atomic mass is 32.2. The highest BCUT2D eigenvalue weighted by Gasteiger charge is 2.19. The highest BCUT2D eigenvalue weighted by Crippen LogP contribution is 2.22. The Balaban J connectivity index is 1.76. The van der Waals surface area contributed by atoms with E-state index in [4.69, 9.17) is 5.73 Å². The van der Waals surface area contributed by atoms with Gasteiger partial charge in [0, 0.05) is 29.7 Å². The quantitative estimate of drug-likeness (QED) is 0.594. The number of hydrogen-bond acceptors (Lipinski definition) is 4. The van der Waals surface area contributed by atoms with Crippen molar-refractivity contribution < 1.29 is 8.42 Å². The molecule has 3 N–H and O–H groups in total. The number of nitrogens with two attached hydrogens (primary N) is 1. The van der Waals surface area contributed by atoms with Crippen molar-refractivity contribution in [2.45, 2.75) is 24.2 Å². The Morgan fingerprint density at radius 2 is 1.85 bits per heavy atom. The number of pyridine rings is 1. The van der Waals surface area contributed by atoms with Gasteiger partial charge in [0.1, 0.15) is 0 Å². The van der Waals surface area contributed by atoms with Crippen LogP contribution in [0.15, 0.2) is 71.9 Å². The van der Waals surface area contributed by atoms with E-state index in [1.165, 1.54) is 5.56 Å². The third kappa shape index (κ3) is 5.13. The first-order valence-electron chi connectivity index (χ1n) is 9.16. The summed E-state index contributed by atoms with van der Waals surface area (Å²) in [6.07, 6.45) is 5.87. The van der Waals surface area contributed by atoms with Gasteiger partial charge in [-0.15, -0.1) is 0 Å². The molecule has 0 amide bonds. The number of benzene rings is 2. The monoisotopic (exact) mass is 383 g/mol. The molecule has 5 nitrogen and oxygen atoms in total. The molecule has 1 heterocycles.